The molecule has 0 N–H and O–H groups in total. The molecule has 0 aliphatic carbocycles. The van der Waals surface area contributed by atoms with Crippen molar-refractivity contribution in [2.24, 2.45) is 11.8 Å². The second-order valence-electron chi connectivity index (χ2n) is 8.91. The van der Waals surface area contributed by atoms with Crippen molar-refractivity contribution >= 4 is 33.3 Å². The number of nitrogens with zero attached hydrogens (tertiary/aromatic N) is 4. The van der Waals surface area contributed by atoms with Crippen molar-refractivity contribution in [3.8, 4) is 0 Å². The van der Waals surface area contributed by atoms with Gasteiger partial charge in [-0.15, -0.1) is 0 Å². The number of aromatic nitrogens is 1. The fourth-order valence-corrected chi connectivity index (χ4v) is 6.45. The molecule has 1 aromatic heterocycles. The monoisotopic (exact) mass is 476 g/mol. The maximum absolute atomic E-state index is 13.2. The Bertz CT molecular complexity index is 1060. The molecule has 32 heavy (non-hydrogen) atoms. The Kier molecular flexibility index (Phi) is 6.74. The quantitative estimate of drug-likeness (QED) is 0.676. The summed E-state index contributed by atoms with van der Waals surface area (Å²) in [4.78, 5) is 21.5. The molecule has 4 rings (SSSR count). The van der Waals surface area contributed by atoms with Gasteiger partial charge in [0.25, 0.3) is 5.91 Å². The number of amides is 1. The topological polar surface area (TPSA) is 73.8 Å². The van der Waals surface area contributed by atoms with E-state index in [4.69, 9.17) is 11.6 Å². The van der Waals surface area contributed by atoms with Crippen LogP contribution in [0.5, 0.6) is 0 Å². The lowest BCUT2D eigenvalue weighted by Gasteiger charge is -2.35. The molecule has 2 fully saturated rings. The fourth-order valence-electron chi connectivity index (χ4n) is 4.62. The number of anilines is 1. The van der Waals surface area contributed by atoms with E-state index in [9.17, 15) is 13.2 Å². The van der Waals surface area contributed by atoms with Crippen LogP contribution >= 0.6 is 11.6 Å². The van der Waals surface area contributed by atoms with Crippen molar-refractivity contribution in [2.75, 3.05) is 44.2 Å². The van der Waals surface area contributed by atoms with Gasteiger partial charge in [0.05, 0.1) is 9.92 Å². The Morgan fingerprint density at radius 3 is 2.34 bits per heavy atom. The van der Waals surface area contributed by atoms with Crippen LogP contribution in [0.15, 0.2) is 47.5 Å². The van der Waals surface area contributed by atoms with Crippen LogP contribution in [0.3, 0.4) is 0 Å². The minimum atomic E-state index is -3.63. The molecular formula is C23H29ClN4O3S. The number of hydrogen-bond donors (Lipinski definition) is 0. The van der Waals surface area contributed by atoms with Crippen LogP contribution in [0.1, 0.15) is 30.6 Å². The lowest BCUT2D eigenvalue weighted by Crippen LogP contribution is -2.49. The number of piperazine rings is 1. The number of benzene rings is 1. The number of hydrogen-bond acceptors (Lipinski definition) is 5. The summed E-state index contributed by atoms with van der Waals surface area (Å²) in [7, 11) is -3.63. The molecule has 7 nitrogen and oxygen atoms in total. The molecule has 2 aliphatic heterocycles. The van der Waals surface area contributed by atoms with Crippen LogP contribution < -0.4 is 4.90 Å². The lowest BCUT2D eigenvalue weighted by molar-refractivity contribution is 0.0746. The second kappa shape index (κ2) is 9.37. The number of piperidine rings is 1. The number of carbonyl (C=O) groups excluding carboxylic acids is 1. The average molecular weight is 477 g/mol. The van der Waals surface area contributed by atoms with Gasteiger partial charge in [0, 0.05) is 51.0 Å². The number of pyridine rings is 1. The van der Waals surface area contributed by atoms with Crippen molar-refractivity contribution in [1.29, 1.82) is 0 Å². The van der Waals surface area contributed by atoms with Gasteiger partial charge in [-0.2, -0.15) is 4.31 Å². The van der Waals surface area contributed by atoms with Crippen LogP contribution in [0.25, 0.3) is 0 Å². The van der Waals surface area contributed by atoms with E-state index in [0.717, 1.165) is 12.2 Å². The van der Waals surface area contributed by atoms with Gasteiger partial charge in [0.2, 0.25) is 10.0 Å². The van der Waals surface area contributed by atoms with Crippen LogP contribution in [-0.4, -0.2) is 67.8 Å². The van der Waals surface area contributed by atoms with Crippen molar-refractivity contribution in [3.63, 3.8) is 0 Å². The molecule has 1 amide bonds. The molecule has 3 heterocycles. The predicted molar refractivity (Wildman–Crippen MR) is 126 cm³/mol. The highest BCUT2D eigenvalue weighted by molar-refractivity contribution is 7.89. The van der Waals surface area contributed by atoms with E-state index in [-0.39, 0.29) is 10.8 Å². The number of halogens is 1. The summed E-state index contributed by atoms with van der Waals surface area (Å²) in [5.74, 6) is 1.33. The van der Waals surface area contributed by atoms with Crippen LogP contribution in [0.4, 0.5) is 5.82 Å². The molecule has 2 aliphatic rings. The van der Waals surface area contributed by atoms with E-state index < -0.39 is 10.0 Å². The number of rotatable bonds is 4. The van der Waals surface area contributed by atoms with Crippen LogP contribution in [0.2, 0.25) is 5.02 Å². The van der Waals surface area contributed by atoms with Gasteiger partial charge in [-0.3, -0.25) is 4.79 Å². The van der Waals surface area contributed by atoms with Crippen LogP contribution in [-0.2, 0) is 10.0 Å². The molecule has 1 aromatic carbocycles. The van der Waals surface area contributed by atoms with Crippen molar-refractivity contribution in [3.05, 3.63) is 53.2 Å². The van der Waals surface area contributed by atoms with E-state index in [1.54, 1.807) is 39.7 Å². The fraction of sp³-hybridized carbons (Fsp3) is 0.478. The zero-order chi connectivity index (χ0) is 22.9. The third kappa shape index (κ3) is 4.92. The van der Waals surface area contributed by atoms with Gasteiger partial charge in [-0.25, -0.2) is 13.4 Å². The minimum Gasteiger partial charge on any atom is -0.353 e. The van der Waals surface area contributed by atoms with Crippen LogP contribution in [0, 0.1) is 11.8 Å². The normalized spacial score (nSPS) is 22.7. The van der Waals surface area contributed by atoms with Gasteiger partial charge in [0.1, 0.15) is 5.82 Å². The molecule has 2 aromatic rings. The van der Waals surface area contributed by atoms with Gasteiger partial charge >= 0.3 is 0 Å². The zero-order valence-electron chi connectivity index (χ0n) is 18.4. The molecule has 0 radical (unpaired) electrons. The van der Waals surface area contributed by atoms with Crippen molar-refractivity contribution in [2.45, 2.75) is 25.2 Å². The summed E-state index contributed by atoms with van der Waals surface area (Å²) in [6, 6.07) is 10.1. The molecule has 0 bridgehead atoms. The lowest BCUT2D eigenvalue weighted by atomic mass is 9.94. The molecule has 2 saturated heterocycles. The Morgan fingerprint density at radius 1 is 1.03 bits per heavy atom. The van der Waals surface area contributed by atoms with Gasteiger partial charge in [-0.05, 0) is 48.6 Å². The molecule has 9 heteroatoms. The number of sulfonamides is 1. The third-order valence-corrected chi connectivity index (χ3v) is 8.21. The predicted octanol–water partition coefficient (Wildman–Crippen LogP) is 3.36. The summed E-state index contributed by atoms with van der Waals surface area (Å²) in [6.45, 7) is 7.60. The summed E-state index contributed by atoms with van der Waals surface area (Å²) >= 11 is 5.91. The largest absolute Gasteiger partial charge is 0.353 e. The minimum absolute atomic E-state index is 0.147. The molecular weight excluding hydrogens is 448 g/mol. The average Bonchev–Trinajstić information content (AvgIpc) is 2.79. The Morgan fingerprint density at radius 2 is 1.72 bits per heavy atom. The van der Waals surface area contributed by atoms with Crippen molar-refractivity contribution in [1.82, 2.24) is 14.2 Å². The first-order valence-corrected chi connectivity index (χ1v) is 12.8. The third-order valence-electron chi connectivity index (χ3n) is 6.16. The van der Waals surface area contributed by atoms with E-state index >= 15 is 0 Å². The first-order valence-electron chi connectivity index (χ1n) is 11.0. The Labute approximate surface area is 195 Å². The smallest absolute Gasteiger partial charge is 0.254 e. The second-order valence-corrected chi connectivity index (χ2v) is 11.3. The highest BCUT2D eigenvalue weighted by Gasteiger charge is 2.32. The van der Waals surface area contributed by atoms with E-state index in [2.05, 4.69) is 23.7 Å². The Balaban J connectivity index is 1.45. The SMILES string of the molecule is CC1CC(C)CN(S(=O)(=O)c2cccc(C(=O)N3CCN(c4ccc(Cl)cn4)CC3)c2)C1. The van der Waals surface area contributed by atoms with Crippen molar-refractivity contribution < 1.29 is 13.2 Å². The molecule has 172 valence electrons. The maximum atomic E-state index is 13.2. The zero-order valence-corrected chi connectivity index (χ0v) is 20.0. The molecule has 2 atom stereocenters. The summed E-state index contributed by atoms with van der Waals surface area (Å²) in [5, 5.41) is 0.589. The summed E-state index contributed by atoms with van der Waals surface area (Å²) in [6.07, 6.45) is 2.65. The van der Waals surface area contributed by atoms with E-state index in [0.29, 0.717) is 61.7 Å². The van der Waals surface area contributed by atoms with Gasteiger partial charge in [0.15, 0.2) is 0 Å². The molecule has 2 unspecified atom stereocenters. The maximum Gasteiger partial charge on any atom is 0.254 e. The highest BCUT2D eigenvalue weighted by atomic mass is 35.5. The number of carbonyl (C=O) groups is 1. The summed E-state index contributed by atoms with van der Waals surface area (Å²) < 4.78 is 28.0. The summed E-state index contributed by atoms with van der Waals surface area (Å²) in [5.41, 5.74) is 0.405. The van der Waals surface area contributed by atoms with Gasteiger partial charge < -0.3 is 9.80 Å². The molecule has 0 saturated carbocycles. The Hall–Kier alpha value is -2.16. The highest BCUT2D eigenvalue weighted by Crippen LogP contribution is 2.27. The standard InChI is InChI=1S/C23H29ClN4O3S/c1-17-12-18(2)16-28(15-17)32(30,31)21-5-3-4-19(13-21)23(29)27-10-8-26(9-11-27)22-7-6-20(24)14-25-22/h3-7,13-14,17-18H,8-12,15-16H2,1-2H3. The first kappa shape index (κ1) is 23.0. The van der Waals surface area contributed by atoms with E-state index in [1.807, 2.05) is 6.07 Å². The van der Waals surface area contributed by atoms with E-state index in [1.165, 1.54) is 6.07 Å². The first-order chi connectivity index (χ1) is 15.2. The molecule has 0 spiro atoms. The van der Waals surface area contributed by atoms with Gasteiger partial charge in [-0.1, -0.05) is 31.5 Å².